The number of methoxy groups -OCH3 is 1. The highest BCUT2D eigenvalue weighted by molar-refractivity contribution is 7.16. The molecule has 0 aliphatic carbocycles. The van der Waals surface area contributed by atoms with Crippen LogP contribution in [0.2, 0.25) is 4.34 Å². The van der Waals surface area contributed by atoms with Gasteiger partial charge in [-0.15, -0.1) is 22.9 Å². The van der Waals surface area contributed by atoms with Crippen molar-refractivity contribution in [2.24, 2.45) is 0 Å². The highest BCUT2D eigenvalue weighted by Gasteiger charge is 2.09. The molecule has 1 atom stereocenters. The summed E-state index contributed by atoms with van der Waals surface area (Å²) in [5, 5.41) is 0.0374. The van der Waals surface area contributed by atoms with E-state index in [1.165, 1.54) is 4.88 Å². The van der Waals surface area contributed by atoms with Crippen LogP contribution >= 0.6 is 34.5 Å². The van der Waals surface area contributed by atoms with Gasteiger partial charge in [-0.3, -0.25) is 4.90 Å². The zero-order chi connectivity index (χ0) is 11.3. The lowest BCUT2D eigenvalue weighted by molar-refractivity contribution is 0.181. The largest absolute Gasteiger partial charge is 0.383 e. The van der Waals surface area contributed by atoms with Crippen LogP contribution in [-0.4, -0.2) is 37.6 Å². The highest BCUT2D eigenvalue weighted by atomic mass is 35.5. The van der Waals surface area contributed by atoms with E-state index in [4.69, 9.17) is 27.9 Å². The van der Waals surface area contributed by atoms with Gasteiger partial charge in [0.25, 0.3) is 0 Å². The monoisotopic (exact) mass is 267 g/mol. The molecule has 1 aromatic rings. The summed E-state index contributed by atoms with van der Waals surface area (Å²) in [6.45, 7) is 2.27. The quantitative estimate of drug-likeness (QED) is 0.735. The highest BCUT2D eigenvalue weighted by Crippen LogP contribution is 2.22. The Morgan fingerprint density at radius 1 is 1.53 bits per heavy atom. The number of alkyl halides is 1. The smallest absolute Gasteiger partial charge is 0.0931 e. The number of rotatable bonds is 6. The molecule has 1 rings (SSSR count). The van der Waals surface area contributed by atoms with Crippen molar-refractivity contribution in [1.29, 1.82) is 0 Å². The van der Waals surface area contributed by atoms with E-state index in [9.17, 15) is 0 Å². The Morgan fingerprint density at radius 3 is 2.80 bits per heavy atom. The summed E-state index contributed by atoms with van der Waals surface area (Å²) in [5.41, 5.74) is 0. The minimum absolute atomic E-state index is 0.0374. The Balaban J connectivity index is 2.32. The van der Waals surface area contributed by atoms with Gasteiger partial charge in [-0.25, -0.2) is 0 Å². The van der Waals surface area contributed by atoms with E-state index in [2.05, 4.69) is 4.90 Å². The lowest BCUT2D eigenvalue weighted by atomic mass is 10.3. The van der Waals surface area contributed by atoms with Gasteiger partial charge in [0, 0.05) is 25.1 Å². The maximum atomic E-state index is 6.06. The number of nitrogens with zero attached hydrogens (tertiary/aromatic N) is 1. The Kier molecular flexibility index (Phi) is 5.94. The molecule has 1 aromatic heterocycles. The molecule has 15 heavy (non-hydrogen) atoms. The van der Waals surface area contributed by atoms with Crippen molar-refractivity contribution >= 4 is 34.5 Å². The molecule has 1 heterocycles. The molecule has 0 bridgehead atoms. The minimum Gasteiger partial charge on any atom is -0.383 e. The summed E-state index contributed by atoms with van der Waals surface area (Å²) in [6, 6.07) is 3.96. The normalized spacial score (nSPS) is 13.4. The first kappa shape index (κ1) is 13.3. The number of thiophene rings is 1. The van der Waals surface area contributed by atoms with Crippen LogP contribution in [0.1, 0.15) is 4.88 Å². The third kappa shape index (κ3) is 5.18. The van der Waals surface area contributed by atoms with Crippen molar-refractivity contribution in [2.45, 2.75) is 11.9 Å². The molecule has 0 aliphatic heterocycles. The van der Waals surface area contributed by atoms with Crippen LogP contribution in [0, 0.1) is 0 Å². The van der Waals surface area contributed by atoms with Crippen molar-refractivity contribution in [2.75, 3.05) is 27.3 Å². The molecular weight excluding hydrogens is 253 g/mol. The van der Waals surface area contributed by atoms with Crippen molar-refractivity contribution in [1.82, 2.24) is 4.90 Å². The van der Waals surface area contributed by atoms with Gasteiger partial charge in [0.2, 0.25) is 0 Å². The second-order valence-corrected chi connectivity index (χ2v) is 5.87. The maximum absolute atomic E-state index is 6.06. The Morgan fingerprint density at radius 2 is 2.27 bits per heavy atom. The third-order valence-corrected chi connectivity index (χ3v) is 3.39. The number of hydrogen-bond donors (Lipinski definition) is 0. The topological polar surface area (TPSA) is 12.5 Å². The van der Waals surface area contributed by atoms with Gasteiger partial charge in [0.05, 0.1) is 16.3 Å². The van der Waals surface area contributed by atoms with Crippen LogP contribution in [0.3, 0.4) is 0 Å². The van der Waals surface area contributed by atoms with E-state index < -0.39 is 0 Å². The van der Waals surface area contributed by atoms with Crippen molar-refractivity contribution in [3.05, 3.63) is 21.3 Å². The van der Waals surface area contributed by atoms with Crippen molar-refractivity contribution < 1.29 is 4.74 Å². The fraction of sp³-hybridized carbons (Fsp3) is 0.600. The van der Waals surface area contributed by atoms with Gasteiger partial charge >= 0.3 is 0 Å². The van der Waals surface area contributed by atoms with Crippen LogP contribution < -0.4 is 0 Å². The Bertz CT molecular complexity index is 293. The third-order valence-electron chi connectivity index (χ3n) is 1.91. The van der Waals surface area contributed by atoms with Gasteiger partial charge < -0.3 is 4.74 Å². The van der Waals surface area contributed by atoms with Crippen LogP contribution in [0.4, 0.5) is 0 Å². The Hall–Kier alpha value is 0.200. The molecule has 2 nitrogen and oxygen atoms in total. The van der Waals surface area contributed by atoms with Crippen molar-refractivity contribution in [3.8, 4) is 0 Å². The van der Waals surface area contributed by atoms with Crippen LogP contribution in [0.25, 0.3) is 0 Å². The second kappa shape index (κ2) is 6.71. The van der Waals surface area contributed by atoms with Crippen LogP contribution in [0.15, 0.2) is 12.1 Å². The summed E-state index contributed by atoms with van der Waals surface area (Å²) < 4.78 is 5.81. The van der Waals surface area contributed by atoms with Crippen LogP contribution in [0.5, 0.6) is 0 Å². The summed E-state index contributed by atoms with van der Waals surface area (Å²) in [5.74, 6) is 0. The van der Waals surface area contributed by atoms with E-state index in [1.807, 2.05) is 19.2 Å². The SMILES string of the molecule is COCC(Cl)CN(C)Cc1ccc(Cl)s1. The summed E-state index contributed by atoms with van der Waals surface area (Å²) >= 11 is 13.5. The van der Waals surface area contributed by atoms with Crippen molar-refractivity contribution in [3.63, 3.8) is 0 Å². The molecule has 1 unspecified atom stereocenters. The van der Waals surface area contributed by atoms with Gasteiger partial charge in [-0.1, -0.05) is 11.6 Å². The molecule has 86 valence electrons. The lowest BCUT2D eigenvalue weighted by Gasteiger charge is -2.18. The number of ether oxygens (including phenoxy) is 1. The molecule has 5 heteroatoms. The predicted molar refractivity (Wildman–Crippen MR) is 67.2 cm³/mol. The number of hydrogen-bond acceptors (Lipinski definition) is 3. The molecule has 0 spiro atoms. The lowest BCUT2D eigenvalue weighted by Crippen LogP contribution is -2.27. The zero-order valence-corrected chi connectivity index (χ0v) is 11.2. The second-order valence-electron chi connectivity index (χ2n) is 3.46. The average Bonchev–Trinajstić information content (AvgIpc) is 2.51. The molecule has 0 saturated carbocycles. The van der Waals surface area contributed by atoms with E-state index in [0.29, 0.717) is 6.61 Å². The first-order valence-corrected chi connectivity index (χ1v) is 6.30. The summed E-state index contributed by atoms with van der Waals surface area (Å²) in [7, 11) is 3.70. The fourth-order valence-electron chi connectivity index (χ4n) is 1.34. The molecular formula is C10H15Cl2NOS. The fourth-order valence-corrected chi connectivity index (χ4v) is 2.87. The first-order chi connectivity index (χ1) is 7.11. The predicted octanol–water partition coefficient (Wildman–Crippen LogP) is 3.09. The van der Waals surface area contributed by atoms with E-state index in [1.54, 1.807) is 18.4 Å². The van der Waals surface area contributed by atoms with Gasteiger partial charge in [0.1, 0.15) is 0 Å². The molecule has 0 aliphatic rings. The van der Waals surface area contributed by atoms with Gasteiger partial charge in [0.15, 0.2) is 0 Å². The minimum atomic E-state index is 0.0374. The zero-order valence-electron chi connectivity index (χ0n) is 8.87. The summed E-state index contributed by atoms with van der Waals surface area (Å²) in [6.07, 6.45) is 0. The van der Waals surface area contributed by atoms with E-state index in [-0.39, 0.29) is 5.38 Å². The van der Waals surface area contributed by atoms with Crippen LogP contribution in [-0.2, 0) is 11.3 Å². The standard InChI is InChI=1S/C10H15Cl2NOS/c1-13(5-8(11)7-14-2)6-9-3-4-10(12)15-9/h3-4,8H,5-7H2,1-2H3. The summed E-state index contributed by atoms with van der Waals surface area (Å²) in [4.78, 5) is 3.42. The molecule has 0 N–H and O–H groups in total. The molecule has 0 aromatic carbocycles. The molecule has 0 saturated heterocycles. The van der Waals surface area contributed by atoms with E-state index >= 15 is 0 Å². The molecule has 0 radical (unpaired) electrons. The van der Waals surface area contributed by atoms with E-state index in [0.717, 1.165) is 17.4 Å². The van der Waals surface area contributed by atoms with Gasteiger partial charge in [-0.2, -0.15) is 0 Å². The first-order valence-electron chi connectivity index (χ1n) is 4.67. The molecule has 0 fully saturated rings. The molecule has 0 amide bonds. The number of halogens is 2. The maximum Gasteiger partial charge on any atom is 0.0931 e. The average molecular weight is 268 g/mol. The van der Waals surface area contributed by atoms with Gasteiger partial charge in [-0.05, 0) is 19.2 Å². The Labute approximate surface area is 105 Å².